The van der Waals surface area contributed by atoms with E-state index in [9.17, 15) is 0 Å². The third-order valence-corrected chi connectivity index (χ3v) is 8.11. The van der Waals surface area contributed by atoms with Crippen LogP contribution in [0.25, 0.3) is 0 Å². The molecule has 0 aromatic heterocycles. The Morgan fingerprint density at radius 3 is 1.19 bits per heavy atom. The van der Waals surface area contributed by atoms with Crippen molar-refractivity contribution in [2.24, 2.45) is 11.8 Å². The first-order chi connectivity index (χ1) is 14.5. The van der Waals surface area contributed by atoms with Crippen LogP contribution < -0.4 is 34.0 Å². The quantitative estimate of drug-likeness (QED) is 0.411. The Morgan fingerprint density at radius 1 is 0.562 bits per heavy atom. The summed E-state index contributed by atoms with van der Waals surface area (Å²) in [6, 6.07) is 22.2. The molecule has 2 aliphatic heterocycles. The molecule has 2 nitrogen and oxygen atoms in total. The molecule has 0 aliphatic carbocycles. The molecular formula is C28H42Br2N2. The normalized spacial score (nSPS) is 30.1. The molecule has 2 fully saturated rings. The summed E-state index contributed by atoms with van der Waals surface area (Å²) in [4.78, 5) is 0. The number of halogens is 2. The Hall–Kier alpha value is -0.680. The van der Waals surface area contributed by atoms with Crippen molar-refractivity contribution in [3.8, 4) is 0 Å². The van der Waals surface area contributed by atoms with Crippen molar-refractivity contribution < 1.29 is 42.9 Å². The highest BCUT2D eigenvalue weighted by molar-refractivity contribution is 5.14. The zero-order valence-electron chi connectivity index (χ0n) is 20.1. The van der Waals surface area contributed by atoms with E-state index < -0.39 is 0 Å². The van der Waals surface area contributed by atoms with Crippen LogP contribution in [0, 0.1) is 11.8 Å². The highest BCUT2D eigenvalue weighted by Gasteiger charge is 2.33. The summed E-state index contributed by atoms with van der Waals surface area (Å²) in [7, 11) is 4.94. The Bertz CT molecular complexity index is 697. The fourth-order valence-electron chi connectivity index (χ4n) is 5.90. The molecule has 4 heteroatoms. The number of benzene rings is 2. The molecule has 0 atom stereocenters. The second-order valence-electron chi connectivity index (χ2n) is 10.9. The molecule has 0 saturated carbocycles. The van der Waals surface area contributed by atoms with Crippen LogP contribution in [0.3, 0.4) is 0 Å². The standard InChI is InChI=1S/C28H42N2.2BrH/c1-29(23-27-9-5-3-6-10-27)19-15-25(16-20-29)13-14-26-17-21-30(2,22-18-26)24-28-11-7-4-8-12-28;;/h3-12,25-26H,13-24H2,1-2H3;2*1H/q+2;;/p-2. The summed E-state index contributed by atoms with van der Waals surface area (Å²) in [5.41, 5.74) is 3.00. The predicted molar refractivity (Wildman–Crippen MR) is 127 cm³/mol. The van der Waals surface area contributed by atoms with E-state index in [1.807, 2.05) is 0 Å². The molecule has 0 unspecified atom stereocenters. The second kappa shape index (κ2) is 12.7. The average Bonchev–Trinajstić information content (AvgIpc) is 2.76. The minimum Gasteiger partial charge on any atom is -1.00 e. The second-order valence-corrected chi connectivity index (χ2v) is 10.9. The Kier molecular flexibility index (Phi) is 10.9. The first-order valence-electron chi connectivity index (χ1n) is 12.3. The molecule has 2 aliphatic rings. The van der Waals surface area contributed by atoms with E-state index in [1.54, 1.807) is 0 Å². The molecule has 32 heavy (non-hydrogen) atoms. The molecule has 2 heterocycles. The molecule has 2 aromatic rings. The smallest absolute Gasteiger partial charge is 0.104 e. The van der Waals surface area contributed by atoms with Gasteiger partial charge in [0.05, 0.1) is 40.3 Å². The van der Waals surface area contributed by atoms with Gasteiger partial charge in [-0.3, -0.25) is 0 Å². The third kappa shape index (κ3) is 7.97. The fourth-order valence-corrected chi connectivity index (χ4v) is 5.90. The molecular weight excluding hydrogens is 524 g/mol. The summed E-state index contributed by atoms with van der Waals surface area (Å²) in [5.74, 6) is 1.94. The van der Waals surface area contributed by atoms with Crippen molar-refractivity contribution in [2.45, 2.75) is 51.6 Å². The number of hydrogen-bond acceptors (Lipinski definition) is 0. The van der Waals surface area contributed by atoms with E-state index >= 15 is 0 Å². The van der Waals surface area contributed by atoms with Gasteiger partial charge in [0.1, 0.15) is 13.1 Å². The van der Waals surface area contributed by atoms with Crippen molar-refractivity contribution in [3.05, 3.63) is 71.8 Å². The van der Waals surface area contributed by atoms with Gasteiger partial charge in [0.2, 0.25) is 0 Å². The lowest BCUT2D eigenvalue weighted by molar-refractivity contribution is -0.928. The molecule has 0 spiro atoms. The van der Waals surface area contributed by atoms with Crippen molar-refractivity contribution in [3.63, 3.8) is 0 Å². The predicted octanol–water partition coefficient (Wildman–Crippen LogP) is -0.112. The Labute approximate surface area is 217 Å². The third-order valence-electron chi connectivity index (χ3n) is 8.11. The van der Waals surface area contributed by atoms with Gasteiger partial charge in [-0.25, -0.2) is 0 Å². The number of quaternary nitrogens is 2. The topological polar surface area (TPSA) is 0 Å². The van der Waals surface area contributed by atoms with E-state index in [4.69, 9.17) is 0 Å². The summed E-state index contributed by atoms with van der Waals surface area (Å²) < 4.78 is 2.47. The maximum Gasteiger partial charge on any atom is 0.104 e. The largest absolute Gasteiger partial charge is 1.00 e. The van der Waals surface area contributed by atoms with Gasteiger partial charge in [-0.2, -0.15) is 0 Å². The van der Waals surface area contributed by atoms with Crippen LogP contribution in [0.1, 0.15) is 49.7 Å². The van der Waals surface area contributed by atoms with Gasteiger partial charge >= 0.3 is 0 Å². The molecule has 0 amide bonds. The van der Waals surface area contributed by atoms with Crippen LogP contribution in [-0.2, 0) is 13.1 Å². The Balaban J connectivity index is 0.00000181. The van der Waals surface area contributed by atoms with Crippen LogP contribution in [0.2, 0.25) is 0 Å². The van der Waals surface area contributed by atoms with Crippen molar-refractivity contribution in [1.82, 2.24) is 0 Å². The minimum atomic E-state index is 0. The average molecular weight is 566 g/mol. The number of nitrogens with zero attached hydrogens (tertiary/aromatic N) is 2. The maximum absolute atomic E-state index is 2.47. The summed E-state index contributed by atoms with van der Waals surface area (Å²) in [5, 5.41) is 0. The van der Waals surface area contributed by atoms with Gasteiger partial charge in [0.15, 0.2) is 0 Å². The lowest BCUT2D eigenvalue weighted by atomic mass is 9.84. The number of likely N-dealkylation sites (tertiary alicyclic amines) is 2. The van der Waals surface area contributed by atoms with Gasteiger partial charge in [-0.1, -0.05) is 60.7 Å². The molecule has 0 N–H and O–H groups in total. The fraction of sp³-hybridized carbons (Fsp3) is 0.571. The summed E-state index contributed by atoms with van der Waals surface area (Å²) >= 11 is 0. The van der Waals surface area contributed by atoms with E-state index in [2.05, 4.69) is 74.8 Å². The first-order valence-corrected chi connectivity index (χ1v) is 12.3. The molecule has 178 valence electrons. The lowest BCUT2D eigenvalue weighted by Crippen LogP contribution is -3.00. The van der Waals surface area contributed by atoms with Gasteiger partial charge in [-0.05, 0) is 50.4 Å². The van der Waals surface area contributed by atoms with Crippen LogP contribution in [-0.4, -0.2) is 49.2 Å². The summed E-state index contributed by atoms with van der Waals surface area (Å²) in [6.07, 6.45) is 8.65. The van der Waals surface area contributed by atoms with Crippen LogP contribution in [0.15, 0.2) is 60.7 Å². The molecule has 4 rings (SSSR count). The van der Waals surface area contributed by atoms with Gasteiger partial charge in [0.25, 0.3) is 0 Å². The first kappa shape index (κ1) is 27.6. The van der Waals surface area contributed by atoms with E-state index in [0.717, 1.165) is 11.8 Å². The molecule has 2 saturated heterocycles. The SMILES string of the molecule is C[N+]1(Cc2ccccc2)CCC(CCC2CC[N+](C)(Cc3ccccc3)CC2)CC1.[Br-].[Br-]. The minimum absolute atomic E-state index is 0. The zero-order chi connectivity index (χ0) is 20.9. The summed E-state index contributed by atoms with van der Waals surface area (Å²) in [6.45, 7) is 7.83. The van der Waals surface area contributed by atoms with Gasteiger partial charge < -0.3 is 42.9 Å². The monoisotopic (exact) mass is 564 g/mol. The molecule has 0 radical (unpaired) electrons. The van der Waals surface area contributed by atoms with E-state index in [1.165, 1.54) is 97.9 Å². The zero-order valence-corrected chi connectivity index (χ0v) is 23.2. The Morgan fingerprint density at radius 2 is 0.875 bits per heavy atom. The highest BCUT2D eigenvalue weighted by Crippen LogP contribution is 2.32. The number of hydrogen-bond donors (Lipinski definition) is 0. The van der Waals surface area contributed by atoms with Crippen molar-refractivity contribution >= 4 is 0 Å². The van der Waals surface area contributed by atoms with Crippen molar-refractivity contribution in [2.75, 3.05) is 40.3 Å². The van der Waals surface area contributed by atoms with Crippen LogP contribution >= 0.6 is 0 Å². The van der Waals surface area contributed by atoms with Crippen LogP contribution in [0.5, 0.6) is 0 Å². The van der Waals surface area contributed by atoms with E-state index in [-0.39, 0.29) is 34.0 Å². The number of rotatable bonds is 7. The van der Waals surface area contributed by atoms with Crippen molar-refractivity contribution in [1.29, 1.82) is 0 Å². The molecule has 2 aromatic carbocycles. The highest BCUT2D eigenvalue weighted by atomic mass is 79.9. The van der Waals surface area contributed by atoms with Gasteiger partial charge in [0, 0.05) is 11.1 Å². The van der Waals surface area contributed by atoms with Crippen LogP contribution in [0.4, 0.5) is 0 Å². The van der Waals surface area contributed by atoms with Gasteiger partial charge in [-0.15, -0.1) is 0 Å². The molecule has 0 bridgehead atoms. The van der Waals surface area contributed by atoms with E-state index in [0.29, 0.717) is 0 Å². The lowest BCUT2D eigenvalue weighted by Gasteiger charge is -2.42. The number of piperidine rings is 2. The maximum atomic E-state index is 2.47.